The zero-order valence-corrected chi connectivity index (χ0v) is 16.1. The Bertz CT molecular complexity index is 1340. The van der Waals surface area contributed by atoms with E-state index in [-0.39, 0.29) is 11.9 Å². The van der Waals surface area contributed by atoms with E-state index in [2.05, 4.69) is 25.1 Å². The van der Waals surface area contributed by atoms with Crippen LogP contribution in [0.25, 0.3) is 22.2 Å². The van der Waals surface area contributed by atoms with Crippen LogP contribution in [0.2, 0.25) is 0 Å². The van der Waals surface area contributed by atoms with E-state index < -0.39 is 34.2 Å². The lowest BCUT2D eigenvalue weighted by atomic mass is 10.1. The predicted octanol–water partition coefficient (Wildman–Crippen LogP) is 4.72. The van der Waals surface area contributed by atoms with Gasteiger partial charge in [0.05, 0.1) is 28.0 Å². The summed E-state index contributed by atoms with van der Waals surface area (Å²) in [5.41, 5.74) is 0.450. The molecule has 0 saturated carbocycles. The van der Waals surface area contributed by atoms with Gasteiger partial charge < -0.3 is 10.1 Å². The summed E-state index contributed by atoms with van der Waals surface area (Å²) in [4.78, 5) is 18.0. The number of nitro groups is 1. The Hall–Kier alpha value is -4.29. The second-order valence-corrected chi connectivity index (χ2v) is 6.56. The van der Waals surface area contributed by atoms with Crippen molar-refractivity contribution in [3.05, 3.63) is 64.9 Å². The maximum absolute atomic E-state index is 13.9. The Balaban J connectivity index is 1.72. The van der Waals surface area contributed by atoms with Crippen molar-refractivity contribution in [1.29, 1.82) is 0 Å². The Morgan fingerprint density at radius 2 is 1.94 bits per heavy atom. The van der Waals surface area contributed by atoms with Crippen molar-refractivity contribution in [2.75, 3.05) is 5.32 Å². The van der Waals surface area contributed by atoms with Crippen molar-refractivity contribution >= 4 is 28.1 Å². The number of hydrogen-bond acceptors (Lipinski definition) is 7. The van der Waals surface area contributed by atoms with Gasteiger partial charge in [-0.15, -0.1) is 13.2 Å². The molecule has 0 amide bonds. The molecule has 0 aliphatic rings. The van der Waals surface area contributed by atoms with Crippen LogP contribution in [0.5, 0.6) is 5.75 Å². The highest BCUT2D eigenvalue weighted by Gasteiger charge is 2.33. The third kappa shape index (κ3) is 4.26. The van der Waals surface area contributed by atoms with Crippen LogP contribution < -0.4 is 10.1 Å². The molecule has 9 nitrogen and oxygen atoms in total. The van der Waals surface area contributed by atoms with Gasteiger partial charge in [-0.05, 0) is 12.1 Å². The van der Waals surface area contributed by atoms with E-state index in [0.717, 1.165) is 17.2 Å². The summed E-state index contributed by atoms with van der Waals surface area (Å²) < 4.78 is 57.5. The minimum absolute atomic E-state index is 0.00853. The van der Waals surface area contributed by atoms with Crippen molar-refractivity contribution in [3.63, 3.8) is 0 Å². The van der Waals surface area contributed by atoms with Crippen LogP contribution >= 0.6 is 0 Å². The van der Waals surface area contributed by atoms with Gasteiger partial charge in [0.1, 0.15) is 12.1 Å². The van der Waals surface area contributed by atoms with Crippen molar-refractivity contribution in [3.8, 4) is 17.0 Å². The van der Waals surface area contributed by atoms with E-state index in [1.165, 1.54) is 6.07 Å². The van der Waals surface area contributed by atoms with Gasteiger partial charge in [0.2, 0.25) is 5.82 Å². The lowest BCUT2D eigenvalue weighted by molar-refractivity contribution is -0.387. The Morgan fingerprint density at radius 1 is 1.16 bits per heavy atom. The number of nitro benzene ring substituents is 1. The lowest BCUT2D eigenvalue weighted by Gasteiger charge is -2.15. The number of nitrogens with zero attached hydrogens (tertiary/aromatic N) is 5. The minimum atomic E-state index is -5.14. The van der Waals surface area contributed by atoms with Crippen LogP contribution in [0, 0.1) is 15.9 Å². The van der Waals surface area contributed by atoms with E-state index in [0.29, 0.717) is 17.3 Å². The number of aromatic nitrogens is 4. The molecular weight excluding hydrogens is 436 g/mol. The fourth-order valence-electron chi connectivity index (χ4n) is 3.03. The molecule has 4 rings (SSSR count). The van der Waals surface area contributed by atoms with Crippen molar-refractivity contribution in [2.45, 2.75) is 6.36 Å². The fourth-order valence-corrected chi connectivity index (χ4v) is 3.03. The average molecular weight is 448 g/mol. The first kappa shape index (κ1) is 21.0. The van der Waals surface area contributed by atoms with Gasteiger partial charge in [0, 0.05) is 36.2 Å². The Kier molecular flexibility index (Phi) is 5.08. The fraction of sp³-hybridized carbons (Fsp3) is 0.105. The molecule has 32 heavy (non-hydrogen) atoms. The van der Waals surface area contributed by atoms with Gasteiger partial charge in [-0.25, -0.2) is 9.97 Å². The number of fused-ring (bicyclic) bond motifs is 1. The topological polar surface area (TPSA) is 108 Å². The van der Waals surface area contributed by atoms with Crippen LogP contribution in [0.3, 0.4) is 0 Å². The summed E-state index contributed by atoms with van der Waals surface area (Å²) in [6, 6.07) is 7.72. The number of rotatable bonds is 5. The van der Waals surface area contributed by atoms with Crippen LogP contribution in [0.4, 0.5) is 34.8 Å². The quantitative estimate of drug-likeness (QED) is 0.267. The summed E-state index contributed by atoms with van der Waals surface area (Å²) in [5.74, 6) is -2.46. The first-order valence-corrected chi connectivity index (χ1v) is 8.85. The highest BCUT2D eigenvalue weighted by atomic mass is 19.4. The molecule has 1 N–H and O–H groups in total. The molecule has 0 fully saturated rings. The molecule has 0 aliphatic carbocycles. The standard InChI is InChI=1S/C19H12F4N6O3/c1-28-15-3-2-10(4-11(15)8-26-28)13-7-18(25-9-24-13)27-14-6-16(29(30)31)12(20)5-17(14)32-19(21,22)23/h2-9H,1H3,(H,24,25,27). The van der Waals surface area contributed by atoms with Crippen molar-refractivity contribution in [1.82, 2.24) is 19.7 Å². The first-order chi connectivity index (χ1) is 15.1. The second kappa shape index (κ2) is 7.76. The van der Waals surface area contributed by atoms with E-state index in [4.69, 9.17) is 0 Å². The zero-order chi connectivity index (χ0) is 23.0. The van der Waals surface area contributed by atoms with E-state index in [9.17, 15) is 27.7 Å². The van der Waals surface area contributed by atoms with Gasteiger partial charge in [-0.1, -0.05) is 6.07 Å². The third-order valence-corrected chi connectivity index (χ3v) is 4.44. The SMILES string of the molecule is Cn1ncc2cc(-c3cc(Nc4cc([N+](=O)[O-])c(F)cc4OC(F)(F)F)ncn3)ccc21. The molecule has 0 unspecified atom stereocenters. The number of halogens is 4. The van der Waals surface area contributed by atoms with E-state index in [1.807, 2.05) is 12.1 Å². The smallest absolute Gasteiger partial charge is 0.403 e. The summed E-state index contributed by atoms with van der Waals surface area (Å²) in [6.07, 6.45) is -2.32. The van der Waals surface area contributed by atoms with Crippen LogP contribution in [-0.2, 0) is 7.05 Å². The molecule has 13 heteroatoms. The van der Waals surface area contributed by atoms with E-state index in [1.54, 1.807) is 24.0 Å². The van der Waals surface area contributed by atoms with Crippen LogP contribution in [0.1, 0.15) is 0 Å². The van der Waals surface area contributed by atoms with Crippen LogP contribution in [0.15, 0.2) is 48.9 Å². The molecule has 0 radical (unpaired) electrons. The molecule has 2 heterocycles. The van der Waals surface area contributed by atoms with Crippen molar-refractivity contribution < 1.29 is 27.2 Å². The van der Waals surface area contributed by atoms with Crippen LogP contribution in [-0.4, -0.2) is 31.0 Å². The summed E-state index contributed by atoms with van der Waals surface area (Å²) in [7, 11) is 1.79. The largest absolute Gasteiger partial charge is 0.573 e. The highest BCUT2D eigenvalue weighted by molar-refractivity contribution is 5.84. The Morgan fingerprint density at radius 3 is 2.66 bits per heavy atom. The zero-order valence-electron chi connectivity index (χ0n) is 16.1. The molecule has 164 valence electrons. The average Bonchev–Trinajstić information content (AvgIpc) is 3.09. The number of anilines is 2. The number of alkyl halides is 3. The molecule has 0 aliphatic heterocycles. The van der Waals surface area contributed by atoms with Gasteiger partial charge in [0.15, 0.2) is 5.75 Å². The molecular formula is C19H12F4N6O3. The lowest BCUT2D eigenvalue weighted by Crippen LogP contribution is -2.18. The summed E-state index contributed by atoms with van der Waals surface area (Å²) in [6.45, 7) is 0. The maximum atomic E-state index is 13.9. The summed E-state index contributed by atoms with van der Waals surface area (Å²) >= 11 is 0. The van der Waals surface area contributed by atoms with Crippen molar-refractivity contribution in [2.24, 2.45) is 7.05 Å². The number of hydrogen-bond donors (Lipinski definition) is 1. The molecule has 0 atom stereocenters. The normalized spacial score (nSPS) is 11.5. The summed E-state index contributed by atoms with van der Waals surface area (Å²) in [5, 5.41) is 18.5. The first-order valence-electron chi connectivity index (χ1n) is 8.85. The van der Waals surface area contributed by atoms with E-state index >= 15 is 0 Å². The maximum Gasteiger partial charge on any atom is 0.573 e. The molecule has 4 aromatic rings. The number of ether oxygens (including phenoxy) is 1. The molecule has 2 aromatic heterocycles. The molecule has 2 aromatic carbocycles. The van der Waals surface area contributed by atoms with Gasteiger partial charge in [-0.3, -0.25) is 14.8 Å². The number of aryl methyl sites for hydroxylation is 1. The monoisotopic (exact) mass is 448 g/mol. The number of nitrogens with one attached hydrogen (secondary N) is 1. The van der Waals surface area contributed by atoms with Gasteiger partial charge in [-0.2, -0.15) is 9.49 Å². The minimum Gasteiger partial charge on any atom is -0.403 e. The number of benzene rings is 2. The van der Waals surface area contributed by atoms with Gasteiger partial charge in [0.25, 0.3) is 0 Å². The molecule has 0 saturated heterocycles. The highest BCUT2D eigenvalue weighted by Crippen LogP contribution is 2.37. The third-order valence-electron chi connectivity index (χ3n) is 4.44. The molecule has 0 bridgehead atoms. The second-order valence-electron chi connectivity index (χ2n) is 6.56. The Labute approximate surface area is 176 Å². The molecule has 0 spiro atoms. The van der Waals surface area contributed by atoms with Gasteiger partial charge >= 0.3 is 12.0 Å². The predicted molar refractivity (Wildman–Crippen MR) is 105 cm³/mol.